The molecule has 136 valence electrons. The van der Waals surface area contributed by atoms with Crippen LogP contribution in [-0.2, 0) is 0 Å². The van der Waals surface area contributed by atoms with E-state index < -0.39 is 0 Å². The van der Waals surface area contributed by atoms with Gasteiger partial charge in [0, 0.05) is 25.7 Å². The highest BCUT2D eigenvalue weighted by Crippen LogP contribution is 2.22. The summed E-state index contributed by atoms with van der Waals surface area (Å²) in [6.45, 7) is 5.73. The van der Waals surface area contributed by atoms with Crippen LogP contribution in [0.4, 0.5) is 0 Å². The summed E-state index contributed by atoms with van der Waals surface area (Å²) in [5.41, 5.74) is 7.30. The highest BCUT2D eigenvalue weighted by atomic mass is 15.9. The Morgan fingerprint density at radius 1 is 0.826 bits per heavy atom. The number of hydrogen-bond donors (Lipinski definition) is 2. The molecule has 0 bridgehead atoms. The van der Waals surface area contributed by atoms with E-state index in [2.05, 4.69) is 28.0 Å². The predicted octanol–water partition coefficient (Wildman–Crippen LogP) is 4.39. The Morgan fingerprint density at radius 3 is 2.30 bits per heavy atom. The molecule has 4 heteroatoms. The quantitative estimate of drug-likeness (QED) is 0.486. The minimum Gasteiger partial charge on any atom is -0.240 e. The Bertz CT molecular complexity index is 277. The summed E-state index contributed by atoms with van der Waals surface area (Å²) in [4.78, 5) is 0. The molecule has 4 nitrogen and oxygen atoms in total. The van der Waals surface area contributed by atoms with Gasteiger partial charge in [-0.2, -0.15) is 10.7 Å². The van der Waals surface area contributed by atoms with Crippen molar-refractivity contribution in [1.29, 1.82) is 0 Å². The lowest BCUT2D eigenvalue weighted by Gasteiger charge is -2.34. The Kier molecular flexibility index (Phi) is 10.2. The first kappa shape index (κ1) is 19.2. The fourth-order valence-corrected chi connectivity index (χ4v) is 3.87. The lowest BCUT2D eigenvalue weighted by molar-refractivity contribution is -0.0284. The Balaban J connectivity index is 1.63. The molecule has 0 unspecified atom stereocenters. The van der Waals surface area contributed by atoms with Gasteiger partial charge < -0.3 is 0 Å². The highest BCUT2D eigenvalue weighted by molar-refractivity contribution is 4.73. The smallest absolute Gasteiger partial charge is 0.0302 e. The van der Waals surface area contributed by atoms with Crippen LogP contribution in [0, 0.1) is 0 Å². The Labute approximate surface area is 144 Å². The van der Waals surface area contributed by atoms with Crippen LogP contribution in [0.5, 0.6) is 0 Å². The summed E-state index contributed by atoms with van der Waals surface area (Å²) in [7, 11) is 0. The van der Waals surface area contributed by atoms with Gasteiger partial charge in [-0.3, -0.25) is 0 Å². The largest absolute Gasteiger partial charge is 0.240 e. The van der Waals surface area contributed by atoms with Crippen LogP contribution < -0.4 is 11.0 Å². The number of hydrogen-bond acceptors (Lipinski definition) is 4. The van der Waals surface area contributed by atoms with Gasteiger partial charge >= 0.3 is 0 Å². The fourth-order valence-electron chi connectivity index (χ4n) is 3.87. The van der Waals surface area contributed by atoms with Crippen LogP contribution in [0.25, 0.3) is 0 Å². The van der Waals surface area contributed by atoms with Crippen molar-refractivity contribution in [3.8, 4) is 0 Å². The Morgan fingerprint density at radius 2 is 1.52 bits per heavy atom. The van der Waals surface area contributed by atoms with E-state index in [9.17, 15) is 0 Å². The standard InChI is InChI=1S/C19H40N4/c1-2-3-4-5-8-11-16-20-23-18-13-12-17-22(21-23)19-14-9-6-7-10-15-19/h19-21H,2-18H2,1H3. The summed E-state index contributed by atoms with van der Waals surface area (Å²) in [6, 6.07) is 0.744. The third-order valence-corrected chi connectivity index (χ3v) is 5.38. The zero-order valence-electron chi connectivity index (χ0n) is 15.5. The van der Waals surface area contributed by atoms with Gasteiger partial charge in [-0.05, 0) is 32.1 Å². The summed E-state index contributed by atoms with van der Waals surface area (Å²) in [6.07, 6.45) is 19.3. The maximum absolute atomic E-state index is 3.68. The summed E-state index contributed by atoms with van der Waals surface area (Å²) in [5, 5.41) is 4.80. The zero-order chi connectivity index (χ0) is 16.2. The van der Waals surface area contributed by atoms with Crippen LogP contribution in [0.2, 0.25) is 0 Å². The molecule has 2 N–H and O–H groups in total. The van der Waals surface area contributed by atoms with Crippen LogP contribution in [0.15, 0.2) is 0 Å². The average molecular weight is 325 g/mol. The lowest BCUT2D eigenvalue weighted by atomic mass is 10.1. The molecule has 1 heterocycles. The molecule has 0 amide bonds. The molecule has 2 rings (SSSR count). The van der Waals surface area contributed by atoms with E-state index in [1.807, 2.05) is 0 Å². The van der Waals surface area contributed by atoms with E-state index in [4.69, 9.17) is 0 Å². The fraction of sp³-hybridized carbons (Fsp3) is 1.00. The first-order valence-corrected chi connectivity index (χ1v) is 10.4. The molecule has 0 aromatic rings. The third kappa shape index (κ3) is 7.97. The lowest BCUT2D eigenvalue weighted by Crippen LogP contribution is -2.57. The summed E-state index contributed by atoms with van der Waals surface area (Å²) < 4.78 is 0. The van der Waals surface area contributed by atoms with E-state index in [-0.39, 0.29) is 0 Å². The summed E-state index contributed by atoms with van der Waals surface area (Å²) in [5.74, 6) is 0. The van der Waals surface area contributed by atoms with Crippen LogP contribution >= 0.6 is 0 Å². The molecule has 1 saturated carbocycles. The summed E-state index contributed by atoms with van der Waals surface area (Å²) >= 11 is 0. The first-order chi connectivity index (χ1) is 11.4. The molecule has 0 aromatic carbocycles. The Hall–Kier alpha value is -0.160. The number of unbranched alkanes of at least 4 members (excludes halogenated alkanes) is 5. The second kappa shape index (κ2) is 12.2. The molecule has 0 atom stereocenters. The second-order valence-electron chi connectivity index (χ2n) is 7.47. The van der Waals surface area contributed by atoms with E-state index in [1.54, 1.807) is 0 Å². The monoisotopic (exact) mass is 324 g/mol. The SMILES string of the molecule is CCCCCCCCNN1CCCCN(C2CCCCCC2)N1. The predicted molar refractivity (Wildman–Crippen MR) is 98.7 cm³/mol. The van der Waals surface area contributed by atoms with Crippen molar-refractivity contribution in [2.75, 3.05) is 19.6 Å². The van der Waals surface area contributed by atoms with E-state index in [0.717, 1.165) is 19.1 Å². The zero-order valence-corrected chi connectivity index (χ0v) is 15.5. The molecule has 1 aliphatic carbocycles. The van der Waals surface area contributed by atoms with Gasteiger partial charge in [0.25, 0.3) is 0 Å². The molecule has 0 radical (unpaired) electrons. The van der Waals surface area contributed by atoms with Crippen LogP contribution in [0.3, 0.4) is 0 Å². The molecular weight excluding hydrogens is 284 g/mol. The topological polar surface area (TPSA) is 30.5 Å². The average Bonchev–Trinajstić information content (AvgIpc) is 2.97. The minimum absolute atomic E-state index is 0.744. The molecule has 0 aromatic heterocycles. The normalized spacial score (nSPS) is 22.8. The molecule has 2 fully saturated rings. The maximum atomic E-state index is 3.68. The van der Waals surface area contributed by atoms with Crippen molar-refractivity contribution in [2.24, 2.45) is 0 Å². The van der Waals surface area contributed by atoms with Crippen molar-refractivity contribution in [3.63, 3.8) is 0 Å². The van der Waals surface area contributed by atoms with Gasteiger partial charge in [-0.25, -0.2) is 10.4 Å². The van der Waals surface area contributed by atoms with Gasteiger partial charge in [0.2, 0.25) is 0 Å². The maximum Gasteiger partial charge on any atom is 0.0302 e. The van der Waals surface area contributed by atoms with Crippen LogP contribution in [0.1, 0.15) is 96.8 Å². The van der Waals surface area contributed by atoms with Crippen molar-refractivity contribution >= 4 is 0 Å². The van der Waals surface area contributed by atoms with Gasteiger partial charge in [0.1, 0.15) is 0 Å². The van der Waals surface area contributed by atoms with Crippen molar-refractivity contribution in [3.05, 3.63) is 0 Å². The van der Waals surface area contributed by atoms with Gasteiger partial charge in [0.05, 0.1) is 0 Å². The van der Waals surface area contributed by atoms with Crippen molar-refractivity contribution < 1.29 is 0 Å². The first-order valence-electron chi connectivity index (χ1n) is 10.4. The number of nitrogens with one attached hydrogen (secondary N) is 2. The third-order valence-electron chi connectivity index (χ3n) is 5.38. The van der Waals surface area contributed by atoms with E-state index in [1.165, 1.54) is 96.4 Å². The number of nitrogens with zero attached hydrogens (tertiary/aromatic N) is 2. The molecular formula is C19H40N4. The van der Waals surface area contributed by atoms with E-state index in [0.29, 0.717) is 0 Å². The minimum atomic E-state index is 0.744. The molecule has 23 heavy (non-hydrogen) atoms. The van der Waals surface area contributed by atoms with Gasteiger partial charge in [-0.15, -0.1) is 0 Å². The number of rotatable bonds is 9. The molecule has 1 saturated heterocycles. The highest BCUT2D eigenvalue weighted by Gasteiger charge is 2.23. The van der Waals surface area contributed by atoms with Gasteiger partial charge in [0.15, 0.2) is 0 Å². The molecule has 0 spiro atoms. The second-order valence-corrected chi connectivity index (χ2v) is 7.47. The van der Waals surface area contributed by atoms with Crippen molar-refractivity contribution in [2.45, 2.75) is 103 Å². The van der Waals surface area contributed by atoms with Crippen molar-refractivity contribution in [1.82, 2.24) is 21.1 Å². The van der Waals surface area contributed by atoms with Gasteiger partial charge in [-0.1, -0.05) is 64.7 Å². The van der Waals surface area contributed by atoms with Crippen LogP contribution in [-0.4, -0.2) is 35.8 Å². The molecule has 1 aliphatic heterocycles. The van der Waals surface area contributed by atoms with E-state index >= 15 is 0 Å². The molecule has 2 aliphatic rings. The number of hydrazine groups is 3.